The topological polar surface area (TPSA) is 62.7 Å². The molecule has 1 aliphatic heterocycles. The molecule has 1 saturated heterocycles. The Hall–Kier alpha value is -1.46. The molecule has 5 heteroatoms. The summed E-state index contributed by atoms with van der Waals surface area (Å²) in [6, 6.07) is 5.94. The highest BCUT2D eigenvalue weighted by atomic mass is 16.5. The number of aryl methyl sites for hydroxylation is 1. The molecule has 5 nitrogen and oxygen atoms in total. The van der Waals surface area contributed by atoms with Crippen LogP contribution in [0.15, 0.2) is 18.2 Å². The number of ether oxygens (including phenoxy) is 1. The van der Waals surface area contributed by atoms with E-state index in [2.05, 4.69) is 16.8 Å². The number of carboxylic acids is 1. The summed E-state index contributed by atoms with van der Waals surface area (Å²) in [5, 5.41) is 9.62. The highest BCUT2D eigenvalue weighted by Crippen LogP contribution is 2.30. The number of rotatable bonds is 6. The first-order valence-corrected chi connectivity index (χ1v) is 7.52. The molecule has 0 bridgehead atoms. The Bertz CT molecular complexity index is 484. The lowest BCUT2D eigenvalue weighted by atomic mass is 9.82. The van der Waals surface area contributed by atoms with Crippen molar-refractivity contribution >= 4 is 5.97 Å². The van der Waals surface area contributed by atoms with Crippen LogP contribution < -0.4 is 0 Å². The number of aromatic nitrogens is 1. The van der Waals surface area contributed by atoms with E-state index in [1.165, 1.54) is 0 Å². The molecule has 0 aliphatic carbocycles. The van der Waals surface area contributed by atoms with Crippen LogP contribution >= 0.6 is 0 Å². The van der Waals surface area contributed by atoms with Gasteiger partial charge in [-0.15, -0.1) is 0 Å². The van der Waals surface area contributed by atoms with Gasteiger partial charge in [0.2, 0.25) is 0 Å². The summed E-state index contributed by atoms with van der Waals surface area (Å²) in [5.74, 6) is -0.752. The van der Waals surface area contributed by atoms with Crippen LogP contribution in [0.3, 0.4) is 0 Å². The quantitative estimate of drug-likeness (QED) is 0.870. The van der Waals surface area contributed by atoms with E-state index in [0.29, 0.717) is 32.7 Å². The number of hydrogen-bond acceptors (Lipinski definition) is 4. The summed E-state index contributed by atoms with van der Waals surface area (Å²) in [7, 11) is 0. The number of carboxylic acid groups (broad SMARTS) is 1. The molecule has 0 saturated carbocycles. The van der Waals surface area contributed by atoms with Crippen molar-refractivity contribution in [2.75, 3.05) is 26.3 Å². The van der Waals surface area contributed by atoms with Crippen LogP contribution in [0.5, 0.6) is 0 Å². The maximum Gasteiger partial charge on any atom is 0.313 e. The molecule has 2 rings (SSSR count). The van der Waals surface area contributed by atoms with E-state index in [1.807, 2.05) is 25.1 Å². The normalized spacial score (nSPS) is 22.4. The Kier molecular flexibility index (Phi) is 5.31. The molecule has 1 N–H and O–H groups in total. The summed E-state index contributed by atoms with van der Waals surface area (Å²) < 4.78 is 5.44. The minimum Gasteiger partial charge on any atom is -0.481 e. The van der Waals surface area contributed by atoms with Crippen molar-refractivity contribution in [3.8, 4) is 0 Å². The fourth-order valence-corrected chi connectivity index (χ4v) is 2.84. The second-order valence-electron chi connectivity index (χ2n) is 5.82. The highest BCUT2D eigenvalue weighted by Gasteiger charge is 2.41. The van der Waals surface area contributed by atoms with Gasteiger partial charge < -0.3 is 9.84 Å². The molecule has 1 aromatic heterocycles. The summed E-state index contributed by atoms with van der Waals surface area (Å²) in [5.41, 5.74) is 1.18. The highest BCUT2D eigenvalue weighted by molar-refractivity contribution is 5.75. The van der Waals surface area contributed by atoms with Gasteiger partial charge in [0.15, 0.2) is 0 Å². The van der Waals surface area contributed by atoms with E-state index < -0.39 is 11.4 Å². The van der Waals surface area contributed by atoms with E-state index in [1.54, 1.807) is 0 Å². The van der Waals surface area contributed by atoms with Gasteiger partial charge in [-0.1, -0.05) is 13.0 Å². The average Bonchev–Trinajstić information content (AvgIpc) is 2.47. The van der Waals surface area contributed by atoms with Crippen LogP contribution in [-0.4, -0.2) is 47.3 Å². The van der Waals surface area contributed by atoms with Gasteiger partial charge in [-0.25, -0.2) is 0 Å². The zero-order chi connectivity index (χ0) is 15.3. The van der Waals surface area contributed by atoms with E-state index in [-0.39, 0.29) is 0 Å². The number of hydrogen-bond donors (Lipinski definition) is 1. The molecule has 21 heavy (non-hydrogen) atoms. The molecule has 1 unspecified atom stereocenters. The summed E-state index contributed by atoms with van der Waals surface area (Å²) in [6.45, 7) is 6.97. The largest absolute Gasteiger partial charge is 0.481 e. The molecule has 1 aromatic rings. The summed E-state index contributed by atoms with van der Waals surface area (Å²) in [6.07, 6.45) is 1.49. The maximum absolute atomic E-state index is 11.7. The minimum atomic E-state index is -0.780. The molecule has 1 aliphatic rings. The van der Waals surface area contributed by atoms with Crippen molar-refractivity contribution in [1.29, 1.82) is 0 Å². The van der Waals surface area contributed by atoms with E-state index in [4.69, 9.17) is 4.74 Å². The molecular formula is C16H24N2O3. The number of pyridine rings is 1. The Labute approximate surface area is 125 Å². The molecule has 0 spiro atoms. The number of nitrogens with zero attached hydrogens (tertiary/aromatic N) is 2. The maximum atomic E-state index is 11.7. The number of aliphatic carboxylic acids is 1. The first-order valence-electron chi connectivity index (χ1n) is 7.52. The molecule has 2 heterocycles. The number of carbonyl (C=O) groups is 1. The van der Waals surface area contributed by atoms with Gasteiger partial charge in [0.1, 0.15) is 5.41 Å². The van der Waals surface area contributed by atoms with Gasteiger partial charge in [0.25, 0.3) is 0 Å². The van der Waals surface area contributed by atoms with Gasteiger partial charge in [0.05, 0.1) is 12.3 Å². The van der Waals surface area contributed by atoms with E-state index in [0.717, 1.165) is 24.4 Å². The van der Waals surface area contributed by atoms with Crippen molar-refractivity contribution in [2.24, 2.45) is 5.41 Å². The van der Waals surface area contributed by atoms with Crippen LogP contribution in [0.2, 0.25) is 0 Å². The standard InChI is InChI=1S/C16H24N2O3/c1-3-18(10-14-7-4-6-13(2)17-14)11-16(15(19)20)8-5-9-21-12-16/h4,6-7H,3,5,8-12H2,1-2H3,(H,19,20). The Balaban J connectivity index is 2.08. The Morgan fingerprint density at radius 1 is 1.52 bits per heavy atom. The van der Waals surface area contributed by atoms with Gasteiger partial charge in [-0.2, -0.15) is 0 Å². The van der Waals surface area contributed by atoms with Crippen LogP contribution in [0, 0.1) is 12.3 Å². The van der Waals surface area contributed by atoms with Crippen LogP contribution in [0.4, 0.5) is 0 Å². The predicted octanol–water partition coefficient (Wildman–Crippen LogP) is 2.09. The van der Waals surface area contributed by atoms with Crippen LogP contribution in [0.25, 0.3) is 0 Å². The van der Waals surface area contributed by atoms with E-state index >= 15 is 0 Å². The average molecular weight is 292 g/mol. The predicted molar refractivity (Wildman–Crippen MR) is 80.0 cm³/mol. The monoisotopic (exact) mass is 292 g/mol. The molecule has 1 fully saturated rings. The van der Waals surface area contributed by atoms with Crippen LogP contribution in [-0.2, 0) is 16.1 Å². The van der Waals surface area contributed by atoms with Gasteiger partial charge in [-0.05, 0) is 38.4 Å². The molecular weight excluding hydrogens is 268 g/mol. The first-order chi connectivity index (χ1) is 10.1. The lowest BCUT2D eigenvalue weighted by Crippen LogP contribution is -2.48. The molecule has 0 radical (unpaired) electrons. The minimum absolute atomic E-state index is 0.306. The lowest BCUT2D eigenvalue weighted by molar-refractivity contribution is -0.159. The second-order valence-corrected chi connectivity index (χ2v) is 5.82. The molecule has 0 aromatic carbocycles. The van der Waals surface area contributed by atoms with Crippen molar-refractivity contribution in [3.63, 3.8) is 0 Å². The van der Waals surface area contributed by atoms with Crippen LogP contribution in [0.1, 0.15) is 31.2 Å². The van der Waals surface area contributed by atoms with Crippen molar-refractivity contribution in [3.05, 3.63) is 29.6 Å². The smallest absolute Gasteiger partial charge is 0.313 e. The van der Waals surface area contributed by atoms with Crippen molar-refractivity contribution in [1.82, 2.24) is 9.88 Å². The fraction of sp³-hybridized carbons (Fsp3) is 0.625. The van der Waals surface area contributed by atoms with Gasteiger partial charge in [-0.3, -0.25) is 14.7 Å². The van der Waals surface area contributed by atoms with Gasteiger partial charge >= 0.3 is 5.97 Å². The summed E-state index contributed by atoms with van der Waals surface area (Å²) in [4.78, 5) is 18.4. The van der Waals surface area contributed by atoms with E-state index in [9.17, 15) is 9.90 Å². The van der Waals surface area contributed by atoms with Crippen molar-refractivity contribution < 1.29 is 14.6 Å². The first kappa shape index (κ1) is 15.9. The molecule has 1 atom stereocenters. The lowest BCUT2D eigenvalue weighted by Gasteiger charge is -2.37. The second kappa shape index (κ2) is 7.00. The SMILES string of the molecule is CCN(Cc1cccc(C)n1)CC1(C(=O)O)CCCOC1. The summed E-state index contributed by atoms with van der Waals surface area (Å²) >= 11 is 0. The Morgan fingerprint density at radius 2 is 2.33 bits per heavy atom. The fourth-order valence-electron chi connectivity index (χ4n) is 2.84. The zero-order valence-corrected chi connectivity index (χ0v) is 12.8. The molecule has 0 amide bonds. The third-order valence-electron chi connectivity index (χ3n) is 4.08. The van der Waals surface area contributed by atoms with Gasteiger partial charge in [0, 0.05) is 25.4 Å². The molecule has 116 valence electrons. The third kappa shape index (κ3) is 4.02. The zero-order valence-electron chi connectivity index (χ0n) is 12.8. The van der Waals surface area contributed by atoms with Crippen molar-refractivity contribution in [2.45, 2.75) is 33.2 Å². The Morgan fingerprint density at radius 3 is 2.90 bits per heavy atom. The third-order valence-corrected chi connectivity index (χ3v) is 4.08.